The molecule has 3 nitrogen and oxygen atoms in total. The van der Waals surface area contributed by atoms with Crippen LogP contribution in [-0.4, -0.2) is 24.8 Å². The van der Waals surface area contributed by atoms with Gasteiger partial charge in [0.05, 0.1) is 5.92 Å². The summed E-state index contributed by atoms with van der Waals surface area (Å²) in [4.78, 5) is 11.1. The molecule has 0 saturated heterocycles. The van der Waals surface area contributed by atoms with Crippen LogP contribution in [0, 0.1) is 0 Å². The van der Waals surface area contributed by atoms with E-state index in [-0.39, 0.29) is 0 Å². The normalized spacial score (nSPS) is 12.3. The lowest BCUT2D eigenvalue weighted by atomic mass is 9.95. The van der Waals surface area contributed by atoms with Crippen LogP contribution in [0.3, 0.4) is 0 Å². The third-order valence-corrected chi connectivity index (χ3v) is 2.34. The van der Waals surface area contributed by atoms with E-state index in [1.807, 2.05) is 30.3 Å². The molecule has 0 amide bonds. The third-order valence-electron chi connectivity index (χ3n) is 2.34. The minimum absolute atomic E-state index is 0.415. The van der Waals surface area contributed by atoms with Gasteiger partial charge in [-0.1, -0.05) is 30.3 Å². The van der Waals surface area contributed by atoms with E-state index in [2.05, 4.69) is 0 Å². The van der Waals surface area contributed by atoms with Crippen molar-refractivity contribution in [2.45, 2.75) is 18.8 Å². The number of hydrogen-bond acceptors (Lipinski definition) is 2. The molecule has 1 rings (SSSR count). The number of methoxy groups -OCH3 is 1. The molecule has 0 saturated carbocycles. The molecule has 1 N–H and O–H groups in total. The second-order valence-corrected chi connectivity index (χ2v) is 3.44. The van der Waals surface area contributed by atoms with E-state index in [4.69, 9.17) is 9.84 Å². The van der Waals surface area contributed by atoms with Gasteiger partial charge < -0.3 is 9.84 Å². The molecule has 0 aliphatic carbocycles. The van der Waals surface area contributed by atoms with Gasteiger partial charge in [-0.25, -0.2) is 0 Å². The van der Waals surface area contributed by atoms with E-state index in [0.717, 1.165) is 12.0 Å². The fourth-order valence-electron chi connectivity index (χ4n) is 1.55. The Morgan fingerprint density at radius 3 is 2.60 bits per heavy atom. The number of benzene rings is 1. The molecule has 1 unspecified atom stereocenters. The summed E-state index contributed by atoms with van der Waals surface area (Å²) in [5.74, 6) is -1.18. The topological polar surface area (TPSA) is 46.5 Å². The lowest BCUT2D eigenvalue weighted by Gasteiger charge is -2.11. The second kappa shape index (κ2) is 6.19. The van der Waals surface area contributed by atoms with Crippen LogP contribution in [0.15, 0.2) is 30.3 Å². The van der Waals surface area contributed by atoms with Crippen molar-refractivity contribution in [3.63, 3.8) is 0 Å². The first-order chi connectivity index (χ1) is 7.25. The van der Waals surface area contributed by atoms with E-state index < -0.39 is 11.9 Å². The Kier molecular flexibility index (Phi) is 4.84. The summed E-state index contributed by atoms with van der Waals surface area (Å²) in [6, 6.07) is 9.32. The summed E-state index contributed by atoms with van der Waals surface area (Å²) in [5.41, 5.74) is 0.862. The SMILES string of the molecule is COCCCC(C(=O)O)c1ccccc1. The van der Waals surface area contributed by atoms with Gasteiger partial charge in [-0.2, -0.15) is 0 Å². The zero-order valence-corrected chi connectivity index (χ0v) is 8.85. The fourth-order valence-corrected chi connectivity index (χ4v) is 1.55. The van der Waals surface area contributed by atoms with Gasteiger partial charge in [-0.3, -0.25) is 4.79 Å². The zero-order valence-electron chi connectivity index (χ0n) is 8.85. The lowest BCUT2D eigenvalue weighted by molar-refractivity contribution is -0.139. The van der Waals surface area contributed by atoms with Gasteiger partial charge in [-0.05, 0) is 18.4 Å². The number of ether oxygens (including phenoxy) is 1. The first kappa shape index (κ1) is 11.7. The maximum Gasteiger partial charge on any atom is 0.310 e. The minimum Gasteiger partial charge on any atom is -0.481 e. The van der Waals surface area contributed by atoms with Crippen LogP contribution in [-0.2, 0) is 9.53 Å². The van der Waals surface area contributed by atoms with Gasteiger partial charge in [0.25, 0.3) is 0 Å². The average molecular weight is 208 g/mol. The molecule has 1 aromatic carbocycles. The summed E-state index contributed by atoms with van der Waals surface area (Å²) >= 11 is 0. The van der Waals surface area contributed by atoms with Crippen LogP contribution >= 0.6 is 0 Å². The average Bonchev–Trinajstić information content (AvgIpc) is 2.25. The first-order valence-electron chi connectivity index (χ1n) is 5.02. The molecular formula is C12H16O3. The van der Waals surface area contributed by atoms with E-state index in [1.165, 1.54) is 0 Å². The highest BCUT2D eigenvalue weighted by Crippen LogP contribution is 2.21. The first-order valence-corrected chi connectivity index (χ1v) is 5.02. The highest BCUT2D eigenvalue weighted by molar-refractivity contribution is 5.75. The molecule has 3 heteroatoms. The molecule has 0 aliphatic heterocycles. The van der Waals surface area contributed by atoms with Gasteiger partial charge in [0.15, 0.2) is 0 Å². The number of carbonyl (C=O) groups is 1. The van der Waals surface area contributed by atoms with Gasteiger partial charge in [0, 0.05) is 13.7 Å². The Labute approximate surface area is 89.7 Å². The van der Waals surface area contributed by atoms with Gasteiger partial charge >= 0.3 is 5.97 Å². The van der Waals surface area contributed by atoms with Crippen LogP contribution in [0.1, 0.15) is 24.3 Å². The third kappa shape index (κ3) is 3.72. The summed E-state index contributed by atoms with van der Waals surface area (Å²) < 4.78 is 4.91. The van der Waals surface area contributed by atoms with Crippen LogP contribution in [0.25, 0.3) is 0 Å². The second-order valence-electron chi connectivity index (χ2n) is 3.44. The summed E-state index contributed by atoms with van der Waals surface area (Å²) in [6.07, 6.45) is 1.38. The summed E-state index contributed by atoms with van der Waals surface area (Å²) in [7, 11) is 1.62. The molecule has 0 heterocycles. The van der Waals surface area contributed by atoms with Crippen molar-refractivity contribution in [1.82, 2.24) is 0 Å². The molecule has 0 fully saturated rings. The minimum atomic E-state index is -0.766. The molecule has 1 atom stereocenters. The van der Waals surface area contributed by atoms with Gasteiger partial charge in [0.1, 0.15) is 0 Å². The highest BCUT2D eigenvalue weighted by atomic mass is 16.5. The highest BCUT2D eigenvalue weighted by Gasteiger charge is 2.18. The number of aliphatic carboxylic acids is 1. The molecule has 0 aromatic heterocycles. The Morgan fingerprint density at radius 2 is 2.07 bits per heavy atom. The van der Waals surface area contributed by atoms with Crippen molar-refractivity contribution in [1.29, 1.82) is 0 Å². The van der Waals surface area contributed by atoms with Crippen LogP contribution < -0.4 is 0 Å². The van der Waals surface area contributed by atoms with Crippen molar-refractivity contribution in [2.75, 3.05) is 13.7 Å². The summed E-state index contributed by atoms with van der Waals surface area (Å²) in [5, 5.41) is 9.09. The molecule has 0 bridgehead atoms. The quantitative estimate of drug-likeness (QED) is 0.729. The molecule has 1 aromatic rings. The predicted molar refractivity (Wildman–Crippen MR) is 57.9 cm³/mol. The molecule has 0 radical (unpaired) electrons. The Bertz CT molecular complexity index is 295. The van der Waals surface area contributed by atoms with E-state index in [1.54, 1.807) is 7.11 Å². The standard InChI is InChI=1S/C12H16O3/c1-15-9-5-8-11(12(13)14)10-6-3-2-4-7-10/h2-4,6-7,11H,5,8-9H2,1H3,(H,13,14). The maximum atomic E-state index is 11.1. The Morgan fingerprint density at radius 1 is 1.40 bits per heavy atom. The summed E-state index contributed by atoms with van der Waals surface area (Å²) in [6.45, 7) is 0.608. The largest absolute Gasteiger partial charge is 0.481 e. The smallest absolute Gasteiger partial charge is 0.310 e. The number of hydrogen-bond donors (Lipinski definition) is 1. The van der Waals surface area contributed by atoms with Crippen LogP contribution in [0.2, 0.25) is 0 Å². The van der Waals surface area contributed by atoms with Crippen molar-refractivity contribution >= 4 is 5.97 Å². The van der Waals surface area contributed by atoms with Crippen molar-refractivity contribution in [3.05, 3.63) is 35.9 Å². The van der Waals surface area contributed by atoms with Gasteiger partial charge in [-0.15, -0.1) is 0 Å². The van der Waals surface area contributed by atoms with E-state index in [9.17, 15) is 4.79 Å². The van der Waals surface area contributed by atoms with Gasteiger partial charge in [0.2, 0.25) is 0 Å². The lowest BCUT2D eigenvalue weighted by Crippen LogP contribution is -2.12. The number of rotatable bonds is 6. The zero-order chi connectivity index (χ0) is 11.1. The predicted octanol–water partition coefficient (Wildman–Crippen LogP) is 2.28. The van der Waals surface area contributed by atoms with Crippen molar-refractivity contribution in [3.8, 4) is 0 Å². The molecule has 0 spiro atoms. The van der Waals surface area contributed by atoms with Crippen LogP contribution in [0.5, 0.6) is 0 Å². The molecule has 82 valence electrons. The Hall–Kier alpha value is -1.35. The monoisotopic (exact) mass is 208 g/mol. The van der Waals surface area contributed by atoms with Crippen molar-refractivity contribution in [2.24, 2.45) is 0 Å². The fraction of sp³-hybridized carbons (Fsp3) is 0.417. The number of carboxylic acid groups (broad SMARTS) is 1. The van der Waals surface area contributed by atoms with Crippen molar-refractivity contribution < 1.29 is 14.6 Å². The molecule has 15 heavy (non-hydrogen) atoms. The van der Waals surface area contributed by atoms with Crippen LogP contribution in [0.4, 0.5) is 0 Å². The molecular weight excluding hydrogens is 192 g/mol. The Balaban J connectivity index is 2.62. The maximum absolute atomic E-state index is 11.1. The van der Waals surface area contributed by atoms with E-state index >= 15 is 0 Å². The van der Waals surface area contributed by atoms with E-state index in [0.29, 0.717) is 13.0 Å². The molecule has 0 aliphatic rings. The number of carboxylic acids is 1.